The molecule has 0 aromatic carbocycles. The fraction of sp³-hybridized carbons (Fsp3) is 0.611. The molecule has 0 bridgehead atoms. The zero-order chi connectivity index (χ0) is 18.4. The zero-order valence-electron chi connectivity index (χ0n) is 15.1. The van der Waals surface area contributed by atoms with Crippen LogP contribution in [0.3, 0.4) is 0 Å². The van der Waals surface area contributed by atoms with Gasteiger partial charge in [0, 0.05) is 18.2 Å². The first-order valence-corrected chi connectivity index (χ1v) is 9.17. The van der Waals surface area contributed by atoms with E-state index in [0.717, 1.165) is 25.9 Å². The minimum Gasteiger partial charge on any atom is -0.353 e. The monoisotopic (exact) mass is 366 g/mol. The number of halogens is 1. The van der Waals surface area contributed by atoms with Gasteiger partial charge in [-0.2, -0.15) is 0 Å². The van der Waals surface area contributed by atoms with Gasteiger partial charge >= 0.3 is 0 Å². The van der Waals surface area contributed by atoms with Crippen LogP contribution >= 0.6 is 11.6 Å². The Morgan fingerprint density at radius 2 is 2.00 bits per heavy atom. The zero-order valence-corrected chi connectivity index (χ0v) is 15.8. The molecular weight excluding hydrogens is 340 g/mol. The molecule has 1 aromatic rings. The van der Waals surface area contributed by atoms with E-state index in [4.69, 9.17) is 11.6 Å². The summed E-state index contributed by atoms with van der Waals surface area (Å²) in [5.74, 6) is 0.471. The summed E-state index contributed by atoms with van der Waals surface area (Å²) in [4.78, 5) is 30.4. The van der Waals surface area contributed by atoms with Crippen LogP contribution in [0.4, 0.5) is 5.69 Å². The Morgan fingerprint density at radius 1 is 1.32 bits per heavy atom. The molecule has 0 aliphatic carbocycles. The van der Waals surface area contributed by atoms with Gasteiger partial charge in [0.15, 0.2) is 5.15 Å². The van der Waals surface area contributed by atoms with Crippen LogP contribution in [0.1, 0.15) is 33.6 Å². The Morgan fingerprint density at radius 3 is 2.60 bits per heavy atom. The summed E-state index contributed by atoms with van der Waals surface area (Å²) in [6.07, 6.45) is 3.13. The second kappa shape index (κ2) is 9.15. The molecular formula is C18H27ClN4O2. The molecule has 2 rings (SSSR count). The van der Waals surface area contributed by atoms with Crippen molar-refractivity contribution >= 4 is 29.1 Å². The van der Waals surface area contributed by atoms with E-state index in [1.807, 2.05) is 6.92 Å². The fourth-order valence-electron chi connectivity index (χ4n) is 2.73. The lowest BCUT2D eigenvalue weighted by Crippen LogP contribution is -2.45. The first-order chi connectivity index (χ1) is 11.9. The molecule has 0 saturated carbocycles. The van der Waals surface area contributed by atoms with Gasteiger partial charge in [-0.25, -0.2) is 4.98 Å². The SMILES string of the molecule is CC(C)C(C)NC(=O)C1CCN(CC(=O)Nc2cccnc2Cl)CC1. The predicted octanol–water partition coefficient (Wildman–Crippen LogP) is 2.55. The number of hydrogen-bond donors (Lipinski definition) is 2. The van der Waals surface area contributed by atoms with Gasteiger partial charge in [-0.05, 0) is 50.9 Å². The highest BCUT2D eigenvalue weighted by atomic mass is 35.5. The molecule has 1 atom stereocenters. The molecule has 0 spiro atoms. The van der Waals surface area contributed by atoms with Crippen LogP contribution in [-0.2, 0) is 9.59 Å². The van der Waals surface area contributed by atoms with Crippen molar-refractivity contribution in [3.63, 3.8) is 0 Å². The van der Waals surface area contributed by atoms with Gasteiger partial charge in [-0.1, -0.05) is 25.4 Å². The lowest BCUT2D eigenvalue weighted by atomic mass is 9.95. The quantitative estimate of drug-likeness (QED) is 0.759. The fourth-order valence-corrected chi connectivity index (χ4v) is 2.90. The summed E-state index contributed by atoms with van der Waals surface area (Å²) < 4.78 is 0. The van der Waals surface area contributed by atoms with E-state index in [9.17, 15) is 9.59 Å². The third-order valence-electron chi connectivity index (χ3n) is 4.73. The Hall–Kier alpha value is -1.66. The number of aromatic nitrogens is 1. The van der Waals surface area contributed by atoms with Crippen LogP contribution in [0.15, 0.2) is 18.3 Å². The number of amides is 2. The van der Waals surface area contributed by atoms with Crippen LogP contribution < -0.4 is 10.6 Å². The van der Waals surface area contributed by atoms with Gasteiger partial charge in [0.2, 0.25) is 11.8 Å². The third kappa shape index (κ3) is 5.97. The van der Waals surface area contributed by atoms with E-state index >= 15 is 0 Å². The summed E-state index contributed by atoms with van der Waals surface area (Å²) in [5.41, 5.74) is 0.520. The van der Waals surface area contributed by atoms with Crippen LogP contribution in [0.25, 0.3) is 0 Å². The highest BCUT2D eigenvalue weighted by Gasteiger charge is 2.27. The van der Waals surface area contributed by atoms with E-state index in [0.29, 0.717) is 18.2 Å². The highest BCUT2D eigenvalue weighted by molar-refractivity contribution is 6.32. The molecule has 25 heavy (non-hydrogen) atoms. The van der Waals surface area contributed by atoms with Gasteiger partial charge in [0.25, 0.3) is 0 Å². The molecule has 138 valence electrons. The van der Waals surface area contributed by atoms with Gasteiger partial charge in [0.1, 0.15) is 0 Å². The first kappa shape index (κ1) is 19.7. The van der Waals surface area contributed by atoms with Gasteiger partial charge in [0.05, 0.1) is 12.2 Å². The molecule has 1 fully saturated rings. The molecule has 2 N–H and O–H groups in total. The van der Waals surface area contributed by atoms with Crippen molar-refractivity contribution in [3.05, 3.63) is 23.5 Å². The van der Waals surface area contributed by atoms with Gasteiger partial charge in [-0.3, -0.25) is 14.5 Å². The van der Waals surface area contributed by atoms with Gasteiger partial charge in [-0.15, -0.1) is 0 Å². The minimum absolute atomic E-state index is 0.0354. The van der Waals surface area contributed by atoms with Crippen molar-refractivity contribution in [2.24, 2.45) is 11.8 Å². The molecule has 1 saturated heterocycles. The Bertz CT molecular complexity index is 600. The van der Waals surface area contributed by atoms with Crippen molar-refractivity contribution in [3.8, 4) is 0 Å². The van der Waals surface area contributed by atoms with Crippen molar-refractivity contribution in [1.82, 2.24) is 15.2 Å². The van der Waals surface area contributed by atoms with Crippen molar-refractivity contribution in [2.45, 2.75) is 39.7 Å². The number of piperidine rings is 1. The number of carbonyl (C=O) groups excluding carboxylic acids is 2. The molecule has 2 heterocycles. The van der Waals surface area contributed by atoms with E-state index in [1.165, 1.54) is 0 Å². The number of carbonyl (C=O) groups is 2. The number of nitrogens with one attached hydrogen (secondary N) is 2. The van der Waals surface area contributed by atoms with E-state index < -0.39 is 0 Å². The molecule has 1 aromatic heterocycles. The first-order valence-electron chi connectivity index (χ1n) is 8.80. The Balaban J connectivity index is 1.75. The predicted molar refractivity (Wildman–Crippen MR) is 99.5 cm³/mol. The van der Waals surface area contributed by atoms with Crippen molar-refractivity contribution in [2.75, 3.05) is 25.0 Å². The lowest BCUT2D eigenvalue weighted by molar-refractivity contribution is -0.127. The summed E-state index contributed by atoms with van der Waals surface area (Å²) in [5, 5.41) is 6.14. The Labute approximate surface area is 154 Å². The summed E-state index contributed by atoms with van der Waals surface area (Å²) in [6.45, 7) is 8.00. The van der Waals surface area contributed by atoms with E-state index in [2.05, 4.69) is 34.4 Å². The minimum atomic E-state index is -0.119. The topological polar surface area (TPSA) is 74.3 Å². The highest BCUT2D eigenvalue weighted by Crippen LogP contribution is 2.19. The standard InChI is InChI=1S/C18H27ClN4O2/c1-12(2)13(3)21-18(25)14-6-9-23(10-7-14)11-16(24)22-15-5-4-8-20-17(15)19/h4-5,8,12-14H,6-7,9-11H2,1-3H3,(H,21,25)(H,22,24). The number of rotatable bonds is 6. The maximum absolute atomic E-state index is 12.3. The largest absolute Gasteiger partial charge is 0.353 e. The summed E-state index contributed by atoms with van der Waals surface area (Å²) in [7, 11) is 0. The molecule has 6 nitrogen and oxygen atoms in total. The van der Waals surface area contributed by atoms with Crippen LogP contribution in [-0.4, -0.2) is 47.4 Å². The number of hydrogen-bond acceptors (Lipinski definition) is 4. The summed E-state index contributed by atoms with van der Waals surface area (Å²) in [6, 6.07) is 3.63. The number of nitrogens with zero attached hydrogens (tertiary/aromatic N) is 2. The van der Waals surface area contributed by atoms with Crippen molar-refractivity contribution in [1.29, 1.82) is 0 Å². The summed E-state index contributed by atoms with van der Waals surface area (Å²) >= 11 is 5.94. The normalized spacial score (nSPS) is 17.3. The smallest absolute Gasteiger partial charge is 0.238 e. The van der Waals surface area contributed by atoms with Crippen LogP contribution in [0, 0.1) is 11.8 Å². The van der Waals surface area contributed by atoms with Crippen LogP contribution in [0.5, 0.6) is 0 Å². The molecule has 1 aliphatic rings. The van der Waals surface area contributed by atoms with Gasteiger partial charge < -0.3 is 10.6 Å². The third-order valence-corrected chi connectivity index (χ3v) is 5.03. The van der Waals surface area contributed by atoms with E-state index in [1.54, 1.807) is 18.3 Å². The second-order valence-corrected chi connectivity index (χ2v) is 7.34. The molecule has 7 heteroatoms. The molecule has 0 radical (unpaired) electrons. The Kier molecular flexibility index (Phi) is 7.20. The average Bonchev–Trinajstić information content (AvgIpc) is 2.57. The maximum atomic E-state index is 12.3. The number of likely N-dealkylation sites (tertiary alicyclic amines) is 1. The second-order valence-electron chi connectivity index (χ2n) is 6.98. The molecule has 1 unspecified atom stereocenters. The van der Waals surface area contributed by atoms with E-state index in [-0.39, 0.29) is 28.9 Å². The number of anilines is 1. The molecule has 1 aliphatic heterocycles. The van der Waals surface area contributed by atoms with Crippen molar-refractivity contribution < 1.29 is 9.59 Å². The maximum Gasteiger partial charge on any atom is 0.238 e. The number of pyridine rings is 1. The lowest BCUT2D eigenvalue weighted by Gasteiger charge is -2.31. The van der Waals surface area contributed by atoms with Crippen LogP contribution in [0.2, 0.25) is 5.15 Å². The molecule has 2 amide bonds. The average molecular weight is 367 g/mol.